The van der Waals surface area contributed by atoms with Crippen molar-refractivity contribution in [3.05, 3.63) is 29.3 Å². The number of benzene rings is 1. The van der Waals surface area contributed by atoms with Gasteiger partial charge in [-0.2, -0.15) is 5.26 Å². The predicted octanol–water partition coefficient (Wildman–Crippen LogP) is 1.35. The molecule has 0 aromatic heterocycles. The summed E-state index contributed by atoms with van der Waals surface area (Å²) in [4.78, 5) is 23.7. The Morgan fingerprint density at radius 2 is 2.15 bits per heavy atom. The van der Waals surface area contributed by atoms with Gasteiger partial charge in [0.1, 0.15) is 6.07 Å². The molecule has 0 heterocycles. The fourth-order valence-corrected chi connectivity index (χ4v) is 1.86. The number of hydrogen-bond donors (Lipinski definition) is 2. The molecule has 6 nitrogen and oxygen atoms in total. The molecule has 106 valence electrons. The van der Waals surface area contributed by atoms with Crippen LogP contribution < -0.4 is 10.6 Å². The van der Waals surface area contributed by atoms with E-state index in [-0.39, 0.29) is 17.7 Å². The number of primary amides is 1. The molecule has 1 rings (SSSR count). The molecular weight excluding hydrogens is 258 g/mol. The molecule has 1 aromatic rings. The van der Waals surface area contributed by atoms with Crippen molar-refractivity contribution in [2.75, 3.05) is 18.0 Å². The van der Waals surface area contributed by atoms with E-state index in [0.29, 0.717) is 12.2 Å². The van der Waals surface area contributed by atoms with Crippen LogP contribution >= 0.6 is 0 Å². The van der Waals surface area contributed by atoms with Crippen LogP contribution in [0.5, 0.6) is 0 Å². The van der Waals surface area contributed by atoms with Crippen molar-refractivity contribution in [2.24, 2.45) is 5.73 Å². The Bertz CT molecular complexity index is 549. The Morgan fingerprint density at radius 1 is 1.45 bits per heavy atom. The normalized spacial score (nSPS) is 9.80. The molecule has 20 heavy (non-hydrogen) atoms. The van der Waals surface area contributed by atoms with E-state index in [1.54, 1.807) is 11.0 Å². The third kappa shape index (κ3) is 3.99. The van der Waals surface area contributed by atoms with Crippen LogP contribution in [0.1, 0.15) is 35.7 Å². The van der Waals surface area contributed by atoms with Crippen molar-refractivity contribution in [3.8, 4) is 6.07 Å². The predicted molar refractivity (Wildman–Crippen MR) is 74.4 cm³/mol. The first-order valence-electron chi connectivity index (χ1n) is 6.30. The van der Waals surface area contributed by atoms with Crippen molar-refractivity contribution in [2.45, 2.75) is 19.8 Å². The SMILES string of the molecule is CCCCN(CC(N)=O)c1ccc(C(=O)O)cc1C#N. The van der Waals surface area contributed by atoms with Crippen molar-refractivity contribution < 1.29 is 14.7 Å². The van der Waals surface area contributed by atoms with Crippen molar-refractivity contribution in [1.29, 1.82) is 5.26 Å². The minimum absolute atomic E-state index is 0.00109. The minimum atomic E-state index is -1.09. The summed E-state index contributed by atoms with van der Waals surface area (Å²) < 4.78 is 0. The van der Waals surface area contributed by atoms with Gasteiger partial charge in [0, 0.05) is 6.54 Å². The number of anilines is 1. The van der Waals surface area contributed by atoms with Gasteiger partial charge in [-0.25, -0.2) is 4.79 Å². The molecule has 0 fully saturated rings. The van der Waals surface area contributed by atoms with Gasteiger partial charge in [0.05, 0.1) is 23.4 Å². The Morgan fingerprint density at radius 3 is 2.65 bits per heavy atom. The standard InChI is InChI=1S/C14H17N3O3/c1-2-3-6-17(9-13(16)18)12-5-4-10(14(19)20)7-11(12)8-15/h4-5,7H,2-3,6,9H2,1H3,(H2,16,18)(H,19,20). The lowest BCUT2D eigenvalue weighted by molar-refractivity contribution is -0.116. The first-order chi connectivity index (χ1) is 9.49. The highest BCUT2D eigenvalue weighted by atomic mass is 16.4. The summed E-state index contributed by atoms with van der Waals surface area (Å²) in [5, 5.41) is 18.1. The van der Waals surface area contributed by atoms with Crippen LogP contribution in [0, 0.1) is 11.3 Å². The van der Waals surface area contributed by atoms with Gasteiger partial charge in [0.2, 0.25) is 5.91 Å². The van der Waals surface area contributed by atoms with Crippen LogP contribution in [0.2, 0.25) is 0 Å². The van der Waals surface area contributed by atoms with E-state index in [1.165, 1.54) is 12.1 Å². The molecule has 3 N–H and O–H groups in total. The van der Waals surface area contributed by atoms with Gasteiger partial charge in [-0.05, 0) is 24.6 Å². The van der Waals surface area contributed by atoms with Crippen LogP contribution in [-0.4, -0.2) is 30.1 Å². The van der Waals surface area contributed by atoms with E-state index in [0.717, 1.165) is 12.8 Å². The van der Waals surface area contributed by atoms with Gasteiger partial charge in [0.25, 0.3) is 0 Å². The van der Waals surface area contributed by atoms with Gasteiger partial charge >= 0.3 is 5.97 Å². The van der Waals surface area contributed by atoms with Crippen LogP contribution in [0.25, 0.3) is 0 Å². The van der Waals surface area contributed by atoms with Crippen molar-refractivity contribution in [1.82, 2.24) is 0 Å². The highest BCUT2D eigenvalue weighted by Gasteiger charge is 2.15. The third-order valence-corrected chi connectivity index (χ3v) is 2.83. The molecular formula is C14H17N3O3. The highest BCUT2D eigenvalue weighted by Crippen LogP contribution is 2.22. The summed E-state index contributed by atoms with van der Waals surface area (Å²) in [6, 6.07) is 6.22. The number of rotatable bonds is 7. The number of unbranched alkanes of at least 4 members (excludes halogenated alkanes) is 1. The van der Waals surface area contributed by atoms with Gasteiger partial charge in [0.15, 0.2) is 0 Å². The largest absolute Gasteiger partial charge is 0.478 e. The molecule has 0 radical (unpaired) electrons. The monoisotopic (exact) mass is 275 g/mol. The molecule has 0 aliphatic rings. The van der Waals surface area contributed by atoms with E-state index >= 15 is 0 Å². The van der Waals surface area contributed by atoms with E-state index in [2.05, 4.69) is 0 Å². The number of carboxylic acid groups (broad SMARTS) is 1. The van der Waals surface area contributed by atoms with Crippen LogP contribution in [-0.2, 0) is 4.79 Å². The van der Waals surface area contributed by atoms with E-state index in [1.807, 2.05) is 13.0 Å². The number of nitrogens with two attached hydrogens (primary N) is 1. The molecule has 0 bridgehead atoms. The first kappa shape index (κ1) is 15.5. The molecule has 0 aliphatic heterocycles. The summed E-state index contributed by atoms with van der Waals surface area (Å²) in [5.74, 6) is -1.59. The fraction of sp³-hybridized carbons (Fsp3) is 0.357. The smallest absolute Gasteiger partial charge is 0.335 e. The second-order valence-electron chi connectivity index (χ2n) is 4.39. The van der Waals surface area contributed by atoms with E-state index in [4.69, 9.17) is 16.1 Å². The van der Waals surface area contributed by atoms with E-state index < -0.39 is 11.9 Å². The number of amides is 1. The number of carboxylic acids is 1. The lowest BCUT2D eigenvalue weighted by Crippen LogP contribution is -2.35. The van der Waals surface area contributed by atoms with Crippen LogP contribution in [0.15, 0.2) is 18.2 Å². The molecule has 1 amide bonds. The van der Waals surface area contributed by atoms with E-state index in [9.17, 15) is 9.59 Å². The zero-order valence-electron chi connectivity index (χ0n) is 11.3. The Kier molecular flexibility index (Phi) is 5.54. The maximum atomic E-state index is 11.1. The van der Waals surface area contributed by atoms with Gasteiger partial charge in [-0.1, -0.05) is 13.3 Å². The van der Waals surface area contributed by atoms with Gasteiger partial charge < -0.3 is 15.7 Å². The molecule has 0 unspecified atom stereocenters. The van der Waals surface area contributed by atoms with Gasteiger partial charge in [-0.3, -0.25) is 4.79 Å². The number of nitriles is 1. The third-order valence-electron chi connectivity index (χ3n) is 2.83. The molecule has 1 aromatic carbocycles. The average Bonchev–Trinajstić information content (AvgIpc) is 2.42. The fourth-order valence-electron chi connectivity index (χ4n) is 1.86. The number of carbonyl (C=O) groups is 2. The number of carbonyl (C=O) groups excluding carboxylic acids is 1. The Balaban J connectivity index is 3.15. The second kappa shape index (κ2) is 7.14. The summed E-state index contributed by atoms with van der Waals surface area (Å²) in [6.07, 6.45) is 1.78. The zero-order chi connectivity index (χ0) is 15.1. The molecule has 6 heteroatoms. The van der Waals surface area contributed by atoms with Crippen molar-refractivity contribution in [3.63, 3.8) is 0 Å². The Labute approximate surface area is 117 Å². The topological polar surface area (TPSA) is 107 Å². The number of hydrogen-bond acceptors (Lipinski definition) is 4. The summed E-state index contributed by atoms with van der Waals surface area (Å²) in [5.41, 5.74) is 6.01. The summed E-state index contributed by atoms with van der Waals surface area (Å²) in [6.45, 7) is 2.60. The second-order valence-corrected chi connectivity index (χ2v) is 4.39. The molecule has 0 spiro atoms. The number of nitrogens with zero attached hydrogens (tertiary/aromatic N) is 2. The van der Waals surface area contributed by atoms with Gasteiger partial charge in [-0.15, -0.1) is 0 Å². The quantitative estimate of drug-likeness (QED) is 0.781. The van der Waals surface area contributed by atoms with Crippen LogP contribution in [0.4, 0.5) is 5.69 Å². The average molecular weight is 275 g/mol. The summed E-state index contributed by atoms with van der Waals surface area (Å²) in [7, 11) is 0. The highest BCUT2D eigenvalue weighted by molar-refractivity contribution is 5.89. The zero-order valence-corrected chi connectivity index (χ0v) is 11.3. The lowest BCUT2D eigenvalue weighted by atomic mass is 10.1. The van der Waals surface area contributed by atoms with Crippen LogP contribution in [0.3, 0.4) is 0 Å². The molecule has 0 saturated carbocycles. The van der Waals surface area contributed by atoms with Crippen molar-refractivity contribution >= 4 is 17.6 Å². The maximum Gasteiger partial charge on any atom is 0.335 e. The minimum Gasteiger partial charge on any atom is -0.478 e. The number of aromatic carboxylic acids is 1. The summed E-state index contributed by atoms with van der Waals surface area (Å²) >= 11 is 0. The maximum absolute atomic E-state index is 11.1. The Hall–Kier alpha value is -2.55. The molecule has 0 atom stereocenters. The first-order valence-corrected chi connectivity index (χ1v) is 6.30. The molecule has 0 saturated heterocycles. The lowest BCUT2D eigenvalue weighted by Gasteiger charge is -2.24. The molecule has 0 aliphatic carbocycles.